The Hall–Kier alpha value is -2.58. The summed E-state index contributed by atoms with van der Waals surface area (Å²) in [5, 5.41) is 11.6. The van der Waals surface area contributed by atoms with Crippen LogP contribution in [0.2, 0.25) is 5.02 Å². The van der Waals surface area contributed by atoms with Crippen molar-refractivity contribution in [2.24, 2.45) is 0 Å². The van der Waals surface area contributed by atoms with Crippen LogP contribution in [-0.4, -0.2) is 26.5 Å². The van der Waals surface area contributed by atoms with Crippen molar-refractivity contribution in [2.45, 2.75) is 5.16 Å². The molecule has 6 nitrogen and oxygen atoms in total. The Balaban J connectivity index is 1.64. The number of nitrogens with zero attached hydrogens (tertiary/aromatic N) is 3. The summed E-state index contributed by atoms with van der Waals surface area (Å²) in [7, 11) is 0. The highest BCUT2D eigenvalue weighted by molar-refractivity contribution is 7.99. The fourth-order valence-electron chi connectivity index (χ4n) is 2.06. The van der Waals surface area contributed by atoms with Gasteiger partial charge in [-0.05, 0) is 42.5 Å². The van der Waals surface area contributed by atoms with Gasteiger partial charge >= 0.3 is 0 Å². The molecular formula is C16H13ClFN5OS. The standard InChI is InChI=1S/C16H13ClFN5OS/c17-11-6-4-10(5-7-11)15-21-22-16(23(15)19)25-9-14(24)20-13-3-1-2-12(18)8-13/h1-8H,9,19H2,(H,20,24). The van der Waals surface area contributed by atoms with Gasteiger partial charge in [0.25, 0.3) is 0 Å². The van der Waals surface area contributed by atoms with E-state index < -0.39 is 5.82 Å². The molecule has 0 bridgehead atoms. The van der Waals surface area contributed by atoms with E-state index in [1.807, 2.05) is 0 Å². The normalized spacial score (nSPS) is 10.6. The highest BCUT2D eigenvalue weighted by atomic mass is 35.5. The van der Waals surface area contributed by atoms with Crippen molar-refractivity contribution in [3.8, 4) is 11.4 Å². The molecule has 0 fully saturated rings. The smallest absolute Gasteiger partial charge is 0.234 e. The maximum Gasteiger partial charge on any atom is 0.234 e. The second-order valence-corrected chi connectivity index (χ2v) is 6.41. The number of thioether (sulfide) groups is 1. The van der Waals surface area contributed by atoms with Gasteiger partial charge in [-0.25, -0.2) is 9.07 Å². The van der Waals surface area contributed by atoms with Crippen molar-refractivity contribution >= 4 is 35.0 Å². The van der Waals surface area contributed by atoms with Crippen LogP contribution >= 0.6 is 23.4 Å². The van der Waals surface area contributed by atoms with Crippen molar-refractivity contribution < 1.29 is 9.18 Å². The summed E-state index contributed by atoms with van der Waals surface area (Å²) < 4.78 is 14.4. The molecule has 0 radical (unpaired) electrons. The number of halogens is 2. The molecule has 1 heterocycles. The average Bonchev–Trinajstić information content (AvgIpc) is 2.94. The van der Waals surface area contributed by atoms with Gasteiger partial charge in [-0.2, -0.15) is 0 Å². The maximum absolute atomic E-state index is 13.1. The minimum Gasteiger partial charge on any atom is -0.335 e. The molecule has 3 N–H and O–H groups in total. The van der Waals surface area contributed by atoms with Gasteiger partial charge in [0.1, 0.15) is 5.82 Å². The van der Waals surface area contributed by atoms with Gasteiger partial charge in [-0.15, -0.1) is 10.2 Å². The van der Waals surface area contributed by atoms with Gasteiger partial charge in [0.2, 0.25) is 11.1 Å². The summed E-state index contributed by atoms with van der Waals surface area (Å²) in [6, 6.07) is 12.7. The highest BCUT2D eigenvalue weighted by Gasteiger charge is 2.14. The first-order valence-electron chi connectivity index (χ1n) is 7.17. The molecule has 0 aliphatic carbocycles. The first-order chi connectivity index (χ1) is 12.0. The molecule has 25 heavy (non-hydrogen) atoms. The number of nitrogen functional groups attached to an aromatic ring is 1. The number of hydrogen-bond donors (Lipinski definition) is 2. The molecule has 9 heteroatoms. The number of carbonyl (C=O) groups is 1. The molecule has 2 aromatic carbocycles. The van der Waals surface area contributed by atoms with Gasteiger partial charge in [0, 0.05) is 16.3 Å². The quantitative estimate of drug-likeness (QED) is 0.527. The zero-order chi connectivity index (χ0) is 17.8. The highest BCUT2D eigenvalue weighted by Crippen LogP contribution is 2.23. The van der Waals surface area contributed by atoms with Crippen LogP contribution in [0.4, 0.5) is 10.1 Å². The summed E-state index contributed by atoms with van der Waals surface area (Å²) in [6.45, 7) is 0. The van der Waals surface area contributed by atoms with Crippen LogP contribution in [0.3, 0.4) is 0 Å². The first-order valence-corrected chi connectivity index (χ1v) is 8.54. The van der Waals surface area contributed by atoms with Crippen LogP contribution in [0.25, 0.3) is 11.4 Å². The number of carbonyl (C=O) groups excluding carboxylic acids is 1. The van der Waals surface area contributed by atoms with E-state index in [1.165, 1.54) is 22.9 Å². The average molecular weight is 378 g/mol. The molecule has 128 valence electrons. The molecule has 0 atom stereocenters. The zero-order valence-electron chi connectivity index (χ0n) is 12.8. The maximum atomic E-state index is 13.1. The molecule has 0 spiro atoms. The Bertz CT molecular complexity index is 900. The van der Waals surface area contributed by atoms with Crippen molar-refractivity contribution in [3.05, 3.63) is 59.4 Å². The second kappa shape index (κ2) is 7.54. The predicted octanol–water partition coefficient (Wildman–Crippen LogP) is 3.18. The van der Waals surface area contributed by atoms with Crippen molar-refractivity contribution in [1.82, 2.24) is 14.9 Å². The summed E-state index contributed by atoms with van der Waals surface area (Å²) in [5.74, 6) is 5.80. The Morgan fingerprint density at radius 2 is 2.00 bits per heavy atom. The molecule has 1 aromatic heterocycles. The number of anilines is 1. The molecule has 0 saturated heterocycles. The lowest BCUT2D eigenvalue weighted by molar-refractivity contribution is -0.113. The van der Waals surface area contributed by atoms with Crippen LogP contribution in [0.5, 0.6) is 0 Å². The third kappa shape index (κ3) is 4.28. The molecule has 0 aliphatic rings. The molecular weight excluding hydrogens is 365 g/mol. The van der Waals surface area contributed by atoms with Gasteiger partial charge in [-0.1, -0.05) is 29.4 Å². The van der Waals surface area contributed by atoms with Gasteiger partial charge in [-0.3, -0.25) is 4.79 Å². The van der Waals surface area contributed by atoms with Crippen LogP contribution in [0.1, 0.15) is 0 Å². The van der Waals surface area contributed by atoms with E-state index in [0.29, 0.717) is 21.7 Å². The monoisotopic (exact) mass is 377 g/mol. The Kier molecular flexibility index (Phi) is 5.20. The summed E-state index contributed by atoms with van der Waals surface area (Å²) in [4.78, 5) is 12.0. The number of nitrogens with one attached hydrogen (secondary N) is 1. The molecule has 0 unspecified atom stereocenters. The Morgan fingerprint density at radius 3 is 2.72 bits per heavy atom. The van der Waals surface area contributed by atoms with E-state index in [1.54, 1.807) is 30.3 Å². The van der Waals surface area contributed by atoms with Gasteiger partial charge in [0.15, 0.2) is 5.82 Å². The molecule has 3 rings (SSSR count). The number of benzene rings is 2. The second-order valence-electron chi connectivity index (χ2n) is 5.03. The van der Waals surface area contributed by atoms with E-state index in [-0.39, 0.29) is 11.7 Å². The van der Waals surface area contributed by atoms with E-state index in [2.05, 4.69) is 15.5 Å². The van der Waals surface area contributed by atoms with E-state index in [9.17, 15) is 9.18 Å². The van der Waals surface area contributed by atoms with Gasteiger partial charge < -0.3 is 11.2 Å². The third-order valence-corrected chi connectivity index (χ3v) is 4.40. The van der Waals surface area contributed by atoms with Crippen LogP contribution < -0.4 is 11.2 Å². The Labute approximate surface area is 152 Å². The van der Waals surface area contributed by atoms with Crippen LogP contribution in [0.15, 0.2) is 53.7 Å². The fraction of sp³-hybridized carbons (Fsp3) is 0.0625. The number of aromatic nitrogens is 3. The number of nitrogens with two attached hydrogens (primary N) is 1. The minimum atomic E-state index is -0.417. The first kappa shape index (κ1) is 17.2. The minimum absolute atomic E-state index is 0.0620. The van der Waals surface area contributed by atoms with Crippen molar-refractivity contribution in [1.29, 1.82) is 0 Å². The topological polar surface area (TPSA) is 85.8 Å². The summed E-state index contributed by atoms with van der Waals surface area (Å²) in [6.07, 6.45) is 0. The largest absolute Gasteiger partial charge is 0.335 e. The van der Waals surface area contributed by atoms with Gasteiger partial charge in [0.05, 0.1) is 5.75 Å². The number of rotatable bonds is 5. The van der Waals surface area contributed by atoms with Crippen molar-refractivity contribution in [3.63, 3.8) is 0 Å². The van der Waals surface area contributed by atoms with E-state index in [0.717, 1.165) is 17.3 Å². The third-order valence-electron chi connectivity index (χ3n) is 3.21. The lowest BCUT2D eigenvalue weighted by Crippen LogP contribution is -2.16. The lowest BCUT2D eigenvalue weighted by Gasteiger charge is -2.05. The summed E-state index contributed by atoms with van der Waals surface area (Å²) >= 11 is 6.99. The van der Waals surface area contributed by atoms with E-state index in [4.69, 9.17) is 17.4 Å². The summed E-state index contributed by atoms with van der Waals surface area (Å²) in [5.41, 5.74) is 1.15. The SMILES string of the molecule is Nn1c(SCC(=O)Nc2cccc(F)c2)nnc1-c1ccc(Cl)cc1. The number of hydrogen-bond acceptors (Lipinski definition) is 5. The molecule has 3 aromatic rings. The van der Waals surface area contributed by atoms with E-state index >= 15 is 0 Å². The number of amides is 1. The lowest BCUT2D eigenvalue weighted by atomic mass is 10.2. The molecule has 0 saturated carbocycles. The van der Waals surface area contributed by atoms with Crippen LogP contribution in [0, 0.1) is 5.82 Å². The van der Waals surface area contributed by atoms with Crippen LogP contribution in [-0.2, 0) is 4.79 Å². The Morgan fingerprint density at radius 1 is 1.24 bits per heavy atom. The predicted molar refractivity (Wildman–Crippen MR) is 96.4 cm³/mol. The zero-order valence-corrected chi connectivity index (χ0v) is 14.4. The van der Waals surface area contributed by atoms with Crippen molar-refractivity contribution in [2.75, 3.05) is 16.9 Å². The molecule has 0 aliphatic heterocycles. The fourth-order valence-corrected chi connectivity index (χ4v) is 2.85. The molecule has 1 amide bonds.